The number of carboxylic acid groups (broad SMARTS) is 1. The number of pyridine rings is 1. The van der Waals surface area contributed by atoms with Crippen molar-refractivity contribution in [1.82, 2.24) is 4.98 Å². The van der Waals surface area contributed by atoms with Crippen LogP contribution in [0.25, 0.3) is 0 Å². The van der Waals surface area contributed by atoms with Crippen molar-refractivity contribution in [2.45, 2.75) is 45.6 Å². The zero-order valence-corrected chi connectivity index (χ0v) is 12.4. The zero-order chi connectivity index (χ0) is 15.6. The van der Waals surface area contributed by atoms with Crippen LogP contribution in [-0.4, -0.2) is 34.6 Å². The highest BCUT2D eigenvalue weighted by Crippen LogP contribution is 2.27. The number of aliphatic carboxylic acids is 1. The van der Waals surface area contributed by atoms with E-state index in [1.165, 1.54) is 0 Å². The van der Waals surface area contributed by atoms with E-state index in [-0.39, 0.29) is 12.6 Å². The van der Waals surface area contributed by atoms with E-state index >= 15 is 0 Å². The van der Waals surface area contributed by atoms with Crippen LogP contribution in [0.2, 0.25) is 0 Å². The van der Waals surface area contributed by atoms with Crippen molar-refractivity contribution in [3.63, 3.8) is 0 Å². The topological polar surface area (TPSA) is 96.5 Å². The number of hydrogen-bond donors (Lipinski definition) is 2. The summed E-state index contributed by atoms with van der Waals surface area (Å²) in [5.41, 5.74) is 7.78. The monoisotopic (exact) mass is 291 g/mol. The highest BCUT2D eigenvalue weighted by Gasteiger charge is 2.24. The van der Waals surface area contributed by atoms with E-state index in [2.05, 4.69) is 4.98 Å². The first kappa shape index (κ1) is 15.3. The Morgan fingerprint density at radius 1 is 1.38 bits per heavy atom. The minimum atomic E-state index is -0.960. The van der Waals surface area contributed by atoms with Crippen molar-refractivity contribution >= 4 is 17.7 Å². The molecule has 0 saturated carbocycles. The number of hydrogen-bond acceptors (Lipinski definition) is 4. The molecule has 0 atom stereocenters. The lowest BCUT2D eigenvalue weighted by Crippen LogP contribution is -2.38. The summed E-state index contributed by atoms with van der Waals surface area (Å²) in [5, 5.41) is 9.08. The van der Waals surface area contributed by atoms with Crippen LogP contribution in [0, 0.1) is 0 Å². The summed E-state index contributed by atoms with van der Waals surface area (Å²) < 4.78 is 0. The average Bonchev–Trinajstić information content (AvgIpc) is 2.42. The molecule has 6 heteroatoms. The Hall–Kier alpha value is -2.11. The van der Waals surface area contributed by atoms with Crippen molar-refractivity contribution in [3.8, 4) is 0 Å². The molecule has 1 aliphatic rings. The number of aromatic nitrogens is 1. The van der Waals surface area contributed by atoms with E-state index in [1.54, 1.807) is 11.0 Å². The second-order valence-corrected chi connectivity index (χ2v) is 5.65. The lowest BCUT2D eigenvalue weighted by molar-refractivity contribution is -0.135. The molecular weight excluding hydrogens is 270 g/mol. The van der Waals surface area contributed by atoms with Crippen LogP contribution >= 0.6 is 0 Å². The molecule has 21 heavy (non-hydrogen) atoms. The number of amides is 1. The molecule has 3 N–H and O–H groups in total. The average molecular weight is 291 g/mol. The molecular formula is C15H21N3O3. The summed E-state index contributed by atoms with van der Waals surface area (Å²) in [4.78, 5) is 29.0. The number of nitrogens with two attached hydrogens (primary N) is 1. The molecule has 0 aliphatic heterocycles. The smallest absolute Gasteiger partial charge is 0.323 e. The number of anilines is 1. The van der Waals surface area contributed by atoms with Gasteiger partial charge in [-0.3, -0.25) is 9.59 Å². The predicted octanol–water partition coefficient (Wildman–Crippen LogP) is 1.36. The second-order valence-electron chi connectivity index (χ2n) is 5.65. The quantitative estimate of drug-likeness (QED) is 0.853. The standard InChI is InChI=1S/C15H21N3O3/c1-9(2)18(8-13(19)20)15-11(14(16)21)7-10-5-3-4-6-12(10)17-15/h7,9H,3-6,8H2,1-2H3,(H2,16,21)(H,19,20). The molecule has 114 valence electrons. The molecule has 2 rings (SSSR count). The Balaban J connectivity index is 2.53. The molecule has 1 heterocycles. The van der Waals surface area contributed by atoms with Crippen molar-refractivity contribution in [3.05, 3.63) is 22.9 Å². The maximum atomic E-state index is 11.7. The van der Waals surface area contributed by atoms with Gasteiger partial charge < -0.3 is 15.7 Å². The number of primary amides is 1. The van der Waals surface area contributed by atoms with Gasteiger partial charge in [0.15, 0.2) is 0 Å². The number of carboxylic acids is 1. The normalized spacial score (nSPS) is 13.9. The minimum Gasteiger partial charge on any atom is -0.480 e. The molecule has 0 aromatic carbocycles. The molecule has 0 fully saturated rings. The molecule has 1 aromatic rings. The minimum absolute atomic E-state index is 0.0895. The van der Waals surface area contributed by atoms with Gasteiger partial charge in [0, 0.05) is 11.7 Å². The Morgan fingerprint density at radius 2 is 2.05 bits per heavy atom. The van der Waals surface area contributed by atoms with Gasteiger partial charge in [0.1, 0.15) is 12.4 Å². The summed E-state index contributed by atoms with van der Waals surface area (Å²) in [6.45, 7) is 3.54. The third kappa shape index (κ3) is 3.32. The first-order chi connectivity index (χ1) is 9.90. The largest absolute Gasteiger partial charge is 0.480 e. The molecule has 1 aliphatic carbocycles. The molecule has 6 nitrogen and oxygen atoms in total. The van der Waals surface area contributed by atoms with Crippen LogP contribution < -0.4 is 10.6 Å². The van der Waals surface area contributed by atoms with Gasteiger partial charge in [-0.25, -0.2) is 4.98 Å². The Morgan fingerprint density at radius 3 is 2.62 bits per heavy atom. The Bertz CT molecular complexity index is 570. The number of carbonyl (C=O) groups is 2. The van der Waals surface area contributed by atoms with Gasteiger partial charge in [-0.2, -0.15) is 0 Å². The van der Waals surface area contributed by atoms with Gasteiger partial charge in [0.05, 0.1) is 5.56 Å². The number of aryl methyl sites for hydroxylation is 2. The molecule has 0 unspecified atom stereocenters. The first-order valence-corrected chi connectivity index (χ1v) is 7.21. The summed E-state index contributed by atoms with van der Waals surface area (Å²) in [6, 6.07) is 1.70. The van der Waals surface area contributed by atoms with Crippen LogP contribution in [0.4, 0.5) is 5.82 Å². The second kappa shape index (κ2) is 6.11. The maximum absolute atomic E-state index is 11.7. The van der Waals surface area contributed by atoms with Crippen LogP contribution in [0.15, 0.2) is 6.07 Å². The predicted molar refractivity (Wildman–Crippen MR) is 79.5 cm³/mol. The highest BCUT2D eigenvalue weighted by atomic mass is 16.4. The molecule has 0 radical (unpaired) electrons. The van der Waals surface area contributed by atoms with Gasteiger partial charge in [-0.15, -0.1) is 0 Å². The highest BCUT2D eigenvalue weighted by molar-refractivity contribution is 5.98. The fourth-order valence-corrected chi connectivity index (χ4v) is 2.67. The molecule has 1 amide bonds. The maximum Gasteiger partial charge on any atom is 0.323 e. The van der Waals surface area contributed by atoms with E-state index in [0.29, 0.717) is 11.4 Å². The van der Waals surface area contributed by atoms with Gasteiger partial charge >= 0.3 is 5.97 Å². The lowest BCUT2D eigenvalue weighted by atomic mass is 9.94. The van der Waals surface area contributed by atoms with E-state index in [1.807, 2.05) is 13.8 Å². The van der Waals surface area contributed by atoms with Gasteiger partial charge in [-0.05, 0) is 51.2 Å². The summed E-state index contributed by atoms with van der Waals surface area (Å²) in [7, 11) is 0. The number of carbonyl (C=O) groups excluding carboxylic acids is 1. The summed E-state index contributed by atoms with van der Waals surface area (Å²) >= 11 is 0. The molecule has 1 aromatic heterocycles. The zero-order valence-electron chi connectivity index (χ0n) is 12.4. The van der Waals surface area contributed by atoms with E-state index in [9.17, 15) is 9.59 Å². The van der Waals surface area contributed by atoms with E-state index < -0.39 is 11.9 Å². The van der Waals surface area contributed by atoms with Gasteiger partial charge in [-0.1, -0.05) is 0 Å². The first-order valence-electron chi connectivity index (χ1n) is 7.21. The molecule has 0 spiro atoms. The van der Waals surface area contributed by atoms with Gasteiger partial charge in [0.2, 0.25) is 0 Å². The Kier molecular flexibility index (Phi) is 4.45. The van der Waals surface area contributed by atoms with Crippen molar-refractivity contribution in [1.29, 1.82) is 0 Å². The van der Waals surface area contributed by atoms with Gasteiger partial charge in [0.25, 0.3) is 5.91 Å². The number of rotatable bonds is 5. The summed E-state index contributed by atoms with van der Waals surface area (Å²) in [5.74, 6) is -1.14. The Labute approximate surface area is 124 Å². The van der Waals surface area contributed by atoms with Crippen LogP contribution in [0.3, 0.4) is 0 Å². The van der Waals surface area contributed by atoms with Crippen LogP contribution in [0.1, 0.15) is 48.3 Å². The lowest BCUT2D eigenvalue weighted by Gasteiger charge is -2.29. The third-order valence-corrected chi connectivity index (χ3v) is 3.75. The molecule has 0 saturated heterocycles. The fraction of sp³-hybridized carbons (Fsp3) is 0.533. The molecule has 0 bridgehead atoms. The van der Waals surface area contributed by atoms with Crippen LogP contribution in [-0.2, 0) is 17.6 Å². The number of nitrogens with zero attached hydrogens (tertiary/aromatic N) is 2. The SMILES string of the molecule is CC(C)N(CC(=O)O)c1nc2c(cc1C(N)=O)CCCC2. The number of fused-ring (bicyclic) bond motifs is 1. The van der Waals surface area contributed by atoms with E-state index in [4.69, 9.17) is 10.8 Å². The van der Waals surface area contributed by atoms with Crippen molar-refractivity contribution < 1.29 is 14.7 Å². The van der Waals surface area contributed by atoms with Crippen LogP contribution in [0.5, 0.6) is 0 Å². The van der Waals surface area contributed by atoms with Crippen molar-refractivity contribution in [2.24, 2.45) is 5.73 Å². The van der Waals surface area contributed by atoms with E-state index in [0.717, 1.165) is 36.9 Å². The van der Waals surface area contributed by atoms with Crippen molar-refractivity contribution in [2.75, 3.05) is 11.4 Å². The summed E-state index contributed by atoms with van der Waals surface area (Å²) in [6.07, 6.45) is 3.90. The fourth-order valence-electron chi connectivity index (χ4n) is 2.67. The third-order valence-electron chi connectivity index (χ3n) is 3.75.